The molecule has 2 heterocycles. The SMILES string of the molecule is CN(C)c1ncc(-c2cccc3c(NCC(c4ccccc4)c4ccccc4)ncnc23)cn1. The summed E-state index contributed by atoms with van der Waals surface area (Å²) in [5.41, 5.74) is 5.30. The second kappa shape index (κ2) is 9.67. The molecule has 2 aromatic heterocycles. The molecule has 0 aliphatic rings. The highest BCUT2D eigenvalue weighted by atomic mass is 15.2. The third-order valence-electron chi connectivity index (χ3n) is 5.89. The molecule has 0 amide bonds. The molecule has 0 aliphatic carbocycles. The smallest absolute Gasteiger partial charge is 0.224 e. The first-order valence-corrected chi connectivity index (χ1v) is 11.3. The van der Waals surface area contributed by atoms with Crippen LogP contribution in [0.25, 0.3) is 22.0 Å². The van der Waals surface area contributed by atoms with Gasteiger partial charge in [-0.2, -0.15) is 0 Å². The van der Waals surface area contributed by atoms with E-state index in [2.05, 4.69) is 79.9 Å². The number of nitrogens with one attached hydrogen (secondary N) is 1. The van der Waals surface area contributed by atoms with Crippen molar-refractivity contribution in [1.29, 1.82) is 0 Å². The van der Waals surface area contributed by atoms with E-state index >= 15 is 0 Å². The lowest BCUT2D eigenvalue weighted by Gasteiger charge is -2.20. The monoisotopic (exact) mass is 446 g/mol. The second-order valence-electron chi connectivity index (χ2n) is 8.35. The van der Waals surface area contributed by atoms with Crippen molar-refractivity contribution in [3.8, 4) is 11.1 Å². The summed E-state index contributed by atoms with van der Waals surface area (Å²) in [6.45, 7) is 0.713. The van der Waals surface area contributed by atoms with Gasteiger partial charge in [0.15, 0.2) is 0 Å². The minimum absolute atomic E-state index is 0.197. The van der Waals surface area contributed by atoms with Crippen LogP contribution in [0.5, 0.6) is 0 Å². The minimum Gasteiger partial charge on any atom is -0.369 e. The van der Waals surface area contributed by atoms with Gasteiger partial charge >= 0.3 is 0 Å². The first kappa shape index (κ1) is 21.5. The van der Waals surface area contributed by atoms with E-state index in [9.17, 15) is 0 Å². The predicted octanol–water partition coefficient (Wildman–Crippen LogP) is 5.40. The van der Waals surface area contributed by atoms with Crippen molar-refractivity contribution < 1.29 is 0 Å². The van der Waals surface area contributed by atoms with E-state index in [-0.39, 0.29) is 5.92 Å². The number of aromatic nitrogens is 4. The van der Waals surface area contributed by atoms with Gasteiger partial charge in [-0.15, -0.1) is 0 Å². The number of benzene rings is 3. The molecule has 0 spiro atoms. The summed E-state index contributed by atoms with van der Waals surface area (Å²) < 4.78 is 0. The van der Waals surface area contributed by atoms with Crippen molar-refractivity contribution in [3.05, 3.63) is 109 Å². The molecule has 0 saturated heterocycles. The van der Waals surface area contributed by atoms with Gasteiger partial charge in [-0.3, -0.25) is 0 Å². The lowest BCUT2D eigenvalue weighted by atomic mass is 9.91. The Kier molecular flexibility index (Phi) is 6.12. The van der Waals surface area contributed by atoms with Gasteiger partial charge in [0, 0.05) is 55.5 Å². The zero-order valence-corrected chi connectivity index (χ0v) is 19.3. The molecule has 5 rings (SSSR count). The summed E-state index contributed by atoms with van der Waals surface area (Å²) in [6, 6.07) is 27.3. The molecule has 1 N–H and O–H groups in total. The minimum atomic E-state index is 0.197. The van der Waals surface area contributed by atoms with Gasteiger partial charge in [0.2, 0.25) is 5.95 Å². The molecule has 5 aromatic rings. The van der Waals surface area contributed by atoms with E-state index in [1.54, 1.807) is 6.33 Å². The third-order valence-corrected chi connectivity index (χ3v) is 5.89. The molecule has 34 heavy (non-hydrogen) atoms. The van der Waals surface area contributed by atoms with Crippen LogP contribution in [0.2, 0.25) is 0 Å². The highest BCUT2D eigenvalue weighted by Crippen LogP contribution is 2.31. The van der Waals surface area contributed by atoms with Crippen LogP contribution >= 0.6 is 0 Å². The second-order valence-corrected chi connectivity index (χ2v) is 8.35. The van der Waals surface area contributed by atoms with Crippen molar-refractivity contribution in [2.45, 2.75) is 5.92 Å². The topological polar surface area (TPSA) is 66.8 Å². The van der Waals surface area contributed by atoms with E-state index in [4.69, 9.17) is 0 Å². The fourth-order valence-electron chi connectivity index (χ4n) is 4.15. The van der Waals surface area contributed by atoms with E-state index in [0.717, 1.165) is 27.8 Å². The summed E-state index contributed by atoms with van der Waals surface area (Å²) in [6.07, 6.45) is 5.30. The Bertz CT molecular complexity index is 1330. The average molecular weight is 447 g/mol. The van der Waals surface area contributed by atoms with Gasteiger partial charge in [-0.25, -0.2) is 19.9 Å². The molecular weight excluding hydrogens is 420 g/mol. The first-order chi connectivity index (χ1) is 16.7. The highest BCUT2D eigenvalue weighted by Gasteiger charge is 2.16. The molecule has 0 fully saturated rings. The lowest BCUT2D eigenvalue weighted by molar-refractivity contribution is 0.849. The lowest BCUT2D eigenvalue weighted by Crippen LogP contribution is -2.15. The van der Waals surface area contributed by atoms with Crippen molar-refractivity contribution in [2.24, 2.45) is 0 Å². The molecule has 0 radical (unpaired) electrons. The number of nitrogens with zero attached hydrogens (tertiary/aromatic N) is 5. The quantitative estimate of drug-likeness (QED) is 0.361. The third kappa shape index (κ3) is 4.43. The Hall–Kier alpha value is -4.32. The van der Waals surface area contributed by atoms with Crippen LogP contribution in [0.1, 0.15) is 17.0 Å². The van der Waals surface area contributed by atoms with Crippen LogP contribution in [-0.4, -0.2) is 40.6 Å². The van der Waals surface area contributed by atoms with Crippen LogP contribution in [0.15, 0.2) is 97.6 Å². The number of hydrogen-bond donors (Lipinski definition) is 1. The van der Waals surface area contributed by atoms with Gasteiger partial charge < -0.3 is 10.2 Å². The van der Waals surface area contributed by atoms with Crippen LogP contribution in [0, 0.1) is 0 Å². The highest BCUT2D eigenvalue weighted by molar-refractivity contribution is 5.98. The van der Waals surface area contributed by atoms with Crippen molar-refractivity contribution in [2.75, 3.05) is 30.9 Å². The summed E-state index contributed by atoms with van der Waals surface area (Å²) in [5, 5.41) is 4.57. The van der Waals surface area contributed by atoms with E-state index in [1.165, 1.54) is 11.1 Å². The molecule has 0 unspecified atom stereocenters. The Balaban J connectivity index is 1.48. The van der Waals surface area contributed by atoms with Gasteiger partial charge in [-0.05, 0) is 17.2 Å². The van der Waals surface area contributed by atoms with Crippen LogP contribution in [-0.2, 0) is 0 Å². The molecule has 0 aliphatic heterocycles. The number of rotatable bonds is 7. The maximum absolute atomic E-state index is 4.60. The largest absolute Gasteiger partial charge is 0.369 e. The Morgan fingerprint density at radius 3 is 2.00 bits per heavy atom. The molecule has 0 atom stereocenters. The van der Waals surface area contributed by atoms with Gasteiger partial charge in [0.05, 0.1) is 5.52 Å². The number of anilines is 2. The normalized spacial score (nSPS) is 11.0. The fraction of sp³-hybridized carbons (Fsp3) is 0.143. The maximum atomic E-state index is 4.60. The Morgan fingerprint density at radius 2 is 1.38 bits per heavy atom. The standard InChI is InChI=1S/C28H26N6/c1-34(2)28-30-16-22(17-31-28)23-14-9-15-24-26(23)32-19-33-27(24)29-18-25(20-10-5-3-6-11-20)21-12-7-4-8-13-21/h3-17,19,25H,18H2,1-2H3,(H,29,32,33). The molecule has 168 valence electrons. The van der Waals surface area contributed by atoms with Crippen molar-refractivity contribution in [3.63, 3.8) is 0 Å². The Morgan fingerprint density at radius 1 is 0.735 bits per heavy atom. The van der Waals surface area contributed by atoms with E-state index in [1.807, 2.05) is 55.7 Å². The first-order valence-electron chi connectivity index (χ1n) is 11.3. The number of para-hydroxylation sites is 1. The molecule has 0 bridgehead atoms. The zero-order valence-electron chi connectivity index (χ0n) is 19.3. The predicted molar refractivity (Wildman–Crippen MR) is 138 cm³/mol. The van der Waals surface area contributed by atoms with Crippen LogP contribution in [0.3, 0.4) is 0 Å². The molecule has 3 aromatic carbocycles. The van der Waals surface area contributed by atoms with E-state index in [0.29, 0.717) is 12.5 Å². The molecule has 6 nitrogen and oxygen atoms in total. The molecule has 0 saturated carbocycles. The summed E-state index contributed by atoms with van der Waals surface area (Å²) in [5.74, 6) is 1.69. The summed E-state index contributed by atoms with van der Waals surface area (Å²) in [7, 11) is 3.85. The summed E-state index contributed by atoms with van der Waals surface area (Å²) >= 11 is 0. The van der Waals surface area contributed by atoms with Crippen molar-refractivity contribution >= 4 is 22.7 Å². The number of fused-ring (bicyclic) bond motifs is 1. The fourth-order valence-corrected chi connectivity index (χ4v) is 4.15. The van der Waals surface area contributed by atoms with Crippen molar-refractivity contribution in [1.82, 2.24) is 19.9 Å². The van der Waals surface area contributed by atoms with E-state index < -0.39 is 0 Å². The zero-order chi connectivity index (χ0) is 23.3. The van der Waals surface area contributed by atoms with Crippen LogP contribution in [0.4, 0.5) is 11.8 Å². The number of hydrogen-bond acceptors (Lipinski definition) is 6. The van der Waals surface area contributed by atoms with Gasteiger partial charge in [0.25, 0.3) is 0 Å². The van der Waals surface area contributed by atoms with Gasteiger partial charge in [-0.1, -0.05) is 72.8 Å². The maximum Gasteiger partial charge on any atom is 0.224 e. The Labute approximate surface area is 199 Å². The molecule has 6 heteroatoms. The summed E-state index contributed by atoms with van der Waals surface area (Å²) in [4.78, 5) is 20.0. The van der Waals surface area contributed by atoms with Gasteiger partial charge in [0.1, 0.15) is 12.1 Å². The molecular formula is C28H26N6. The average Bonchev–Trinajstić information content (AvgIpc) is 2.90. The van der Waals surface area contributed by atoms with Crippen LogP contribution < -0.4 is 10.2 Å².